The van der Waals surface area contributed by atoms with E-state index in [1.54, 1.807) is 7.11 Å². The molecule has 0 aromatic carbocycles. The lowest BCUT2D eigenvalue weighted by Gasteiger charge is -2.47. The van der Waals surface area contributed by atoms with Crippen molar-refractivity contribution < 1.29 is 21.8 Å². The van der Waals surface area contributed by atoms with E-state index in [9.17, 15) is 8.42 Å². The number of hydrogen-bond acceptors (Lipinski definition) is 5. The summed E-state index contributed by atoms with van der Waals surface area (Å²) in [6, 6.07) is 0. The molecule has 1 saturated carbocycles. The minimum atomic E-state index is -3.65. The Labute approximate surface area is 177 Å². The molecule has 0 aromatic heterocycles. The van der Waals surface area contributed by atoms with Crippen molar-refractivity contribution in [3.05, 3.63) is 12.2 Å². The maximum Gasteiger partial charge on any atom is 0.265 e. The second-order valence-electron chi connectivity index (χ2n) is 9.57. The molecule has 0 N–H and O–H groups in total. The molecule has 0 spiro atoms. The number of rotatable bonds is 5. The van der Waals surface area contributed by atoms with Gasteiger partial charge in [-0.1, -0.05) is 56.6 Å². The first-order valence-electron chi connectivity index (χ1n) is 9.98. The van der Waals surface area contributed by atoms with Crippen molar-refractivity contribution in [1.82, 2.24) is 0 Å². The Bertz CT molecular complexity index is 863. The van der Waals surface area contributed by atoms with Crippen LogP contribution < -0.4 is 0 Å². The Balaban J connectivity index is 2.53. The van der Waals surface area contributed by atoms with Crippen LogP contribution in [-0.4, -0.2) is 47.9 Å². The first kappa shape index (κ1) is 24.2. The molecule has 5 nitrogen and oxygen atoms in total. The minimum Gasteiger partial charge on any atom is -0.401 e. The molecule has 0 aliphatic heterocycles. The molecule has 0 radical (unpaired) electrons. The number of methoxy groups -OCH3 is 1. The third-order valence-electron chi connectivity index (χ3n) is 6.08. The van der Waals surface area contributed by atoms with Crippen molar-refractivity contribution in [2.75, 3.05) is 13.4 Å². The standard InChI is InChI=1S/C22H34O5SSi/c1-17-12-14-22(27-29(7,8)21(2,3)4)15-13-18(26-28(6,23)24)10-9-11-20(25-5)19(17)16-22/h18-20H,1,10,12,14,16H2,2-8H3/t18?,19-,20-,22-/m1/s1. The molecule has 4 atom stereocenters. The summed E-state index contributed by atoms with van der Waals surface area (Å²) < 4.78 is 41.1. The quantitative estimate of drug-likeness (QED) is 0.282. The van der Waals surface area contributed by atoms with E-state index in [0.717, 1.165) is 24.7 Å². The average molecular weight is 439 g/mol. The second-order valence-corrected chi connectivity index (χ2v) is 15.9. The molecule has 7 heteroatoms. The van der Waals surface area contributed by atoms with Gasteiger partial charge in [0.25, 0.3) is 10.1 Å². The summed E-state index contributed by atoms with van der Waals surface area (Å²) in [5, 5.41) is 0.0197. The number of fused-ring (bicyclic) bond motifs is 2. The Morgan fingerprint density at radius 1 is 1.24 bits per heavy atom. The van der Waals surface area contributed by atoms with E-state index in [1.807, 2.05) is 0 Å². The van der Waals surface area contributed by atoms with Crippen LogP contribution in [0.25, 0.3) is 0 Å². The van der Waals surface area contributed by atoms with Crippen molar-refractivity contribution >= 4 is 18.4 Å². The van der Waals surface area contributed by atoms with Crippen LogP contribution in [0.4, 0.5) is 0 Å². The molecule has 162 valence electrons. The fourth-order valence-corrected chi connectivity index (χ4v) is 5.51. The number of hydrogen-bond donors (Lipinski definition) is 0. The average Bonchev–Trinajstić information content (AvgIpc) is 2.56. The van der Waals surface area contributed by atoms with Crippen LogP contribution >= 0.6 is 0 Å². The molecule has 1 fully saturated rings. The van der Waals surface area contributed by atoms with Crippen molar-refractivity contribution in [3.8, 4) is 23.7 Å². The molecule has 0 amide bonds. The monoisotopic (exact) mass is 438 g/mol. The van der Waals surface area contributed by atoms with E-state index >= 15 is 0 Å². The minimum absolute atomic E-state index is 0.0197. The lowest BCUT2D eigenvalue weighted by atomic mass is 9.73. The molecule has 0 saturated heterocycles. The maximum atomic E-state index is 11.7. The van der Waals surface area contributed by atoms with Gasteiger partial charge in [0.15, 0.2) is 8.32 Å². The zero-order valence-electron chi connectivity index (χ0n) is 18.7. The predicted molar refractivity (Wildman–Crippen MR) is 118 cm³/mol. The van der Waals surface area contributed by atoms with Crippen LogP contribution in [0, 0.1) is 29.6 Å². The normalized spacial score (nSPS) is 30.6. The summed E-state index contributed by atoms with van der Waals surface area (Å²) in [4.78, 5) is 0. The molecule has 29 heavy (non-hydrogen) atoms. The van der Waals surface area contributed by atoms with Gasteiger partial charge < -0.3 is 9.16 Å². The van der Waals surface area contributed by atoms with E-state index in [1.165, 1.54) is 0 Å². The summed E-state index contributed by atoms with van der Waals surface area (Å²) in [6.07, 6.45) is 2.19. The van der Waals surface area contributed by atoms with Gasteiger partial charge in [0.05, 0.1) is 6.26 Å². The highest BCUT2D eigenvalue weighted by molar-refractivity contribution is 7.86. The highest BCUT2D eigenvalue weighted by Gasteiger charge is 2.48. The largest absolute Gasteiger partial charge is 0.401 e. The topological polar surface area (TPSA) is 61.8 Å². The second kappa shape index (κ2) is 8.57. The van der Waals surface area contributed by atoms with E-state index in [-0.39, 0.29) is 23.5 Å². The molecule has 2 rings (SSSR count). The van der Waals surface area contributed by atoms with Crippen LogP contribution in [0.3, 0.4) is 0 Å². The summed E-state index contributed by atoms with van der Waals surface area (Å²) in [6.45, 7) is 15.3. The lowest BCUT2D eigenvalue weighted by molar-refractivity contribution is 0.0244. The van der Waals surface area contributed by atoms with Gasteiger partial charge in [0.1, 0.15) is 17.8 Å². The first-order chi connectivity index (χ1) is 13.2. The van der Waals surface area contributed by atoms with Crippen molar-refractivity contribution in [3.63, 3.8) is 0 Å². The molecule has 2 aliphatic rings. The molecule has 2 bridgehead atoms. The van der Waals surface area contributed by atoms with Crippen LogP contribution in [0.15, 0.2) is 12.2 Å². The first-order valence-corrected chi connectivity index (χ1v) is 14.7. The highest BCUT2D eigenvalue weighted by Crippen LogP contribution is 2.46. The number of ether oxygens (including phenoxy) is 1. The zero-order chi connectivity index (χ0) is 22.1. The van der Waals surface area contributed by atoms with Crippen molar-refractivity contribution in [2.24, 2.45) is 5.92 Å². The van der Waals surface area contributed by atoms with Crippen LogP contribution in [0.2, 0.25) is 18.1 Å². The van der Waals surface area contributed by atoms with Gasteiger partial charge >= 0.3 is 0 Å². The molecular formula is C22H34O5SSi. The van der Waals surface area contributed by atoms with Gasteiger partial charge in [-0.05, 0) is 37.4 Å². The maximum absolute atomic E-state index is 11.7. The van der Waals surface area contributed by atoms with Gasteiger partial charge in [-0.2, -0.15) is 8.42 Å². The van der Waals surface area contributed by atoms with Gasteiger partial charge in [0, 0.05) is 19.4 Å². The third-order valence-corrected chi connectivity index (χ3v) is 11.2. The molecular weight excluding hydrogens is 404 g/mol. The summed E-state index contributed by atoms with van der Waals surface area (Å²) in [5.74, 6) is 12.5. The Morgan fingerprint density at radius 2 is 1.90 bits per heavy atom. The van der Waals surface area contributed by atoms with Gasteiger partial charge in [0.2, 0.25) is 0 Å². The predicted octanol–water partition coefficient (Wildman–Crippen LogP) is 3.87. The fraction of sp³-hybridized carbons (Fsp3) is 0.727. The van der Waals surface area contributed by atoms with Crippen LogP contribution in [0.1, 0.15) is 46.5 Å². The van der Waals surface area contributed by atoms with Crippen molar-refractivity contribution in [2.45, 2.75) is 82.4 Å². The van der Waals surface area contributed by atoms with Gasteiger partial charge in [-0.15, -0.1) is 0 Å². The van der Waals surface area contributed by atoms with Crippen LogP contribution in [-0.2, 0) is 23.5 Å². The lowest BCUT2D eigenvalue weighted by Crippen LogP contribution is -2.52. The summed E-state index contributed by atoms with van der Waals surface area (Å²) in [5.41, 5.74) is 0.413. The van der Waals surface area contributed by atoms with Gasteiger partial charge in [-0.3, -0.25) is 4.18 Å². The fourth-order valence-electron chi connectivity index (χ4n) is 3.45. The summed E-state index contributed by atoms with van der Waals surface area (Å²) in [7, 11) is -4.15. The van der Waals surface area contributed by atoms with Crippen LogP contribution in [0.5, 0.6) is 0 Å². The van der Waals surface area contributed by atoms with Crippen molar-refractivity contribution in [1.29, 1.82) is 0 Å². The highest BCUT2D eigenvalue weighted by atomic mass is 32.2. The Hall–Kier alpha value is -1.09. The van der Waals surface area contributed by atoms with E-state index in [4.69, 9.17) is 13.3 Å². The van der Waals surface area contributed by atoms with Gasteiger partial charge in [-0.25, -0.2) is 0 Å². The Morgan fingerprint density at radius 3 is 2.45 bits per heavy atom. The van der Waals surface area contributed by atoms with E-state index in [2.05, 4.69) is 64.1 Å². The van der Waals surface area contributed by atoms with E-state index < -0.39 is 30.1 Å². The molecule has 2 aliphatic carbocycles. The smallest absolute Gasteiger partial charge is 0.265 e. The molecule has 0 heterocycles. The Kier molecular flexibility index (Phi) is 7.14. The van der Waals surface area contributed by atoms with E-state index in [0.29, 0.717) is 6.42 Å². The summed E-state index contributed by atoms with van der Waals surface area (Å²) >= 11 is 0. The molecule has 1 unspecified atom stereocenters. The third kappa shape index (κ3) is 6.20. The zero-order valence-corrected chi connectivity index (χ0v) is 20.5. The molecule has 0 aromatic rings. The SMILES string of the molecule is C=C1CC[C@@]2(O[Si](C)(C)C(C)(C)C)C#CC(OS(C)(=O)=O)CC#C[C@@H](OC)[C@@H]1C2.